The number of urea groups is 1. The Bertz CT molecular complexity index is 605. The molecule has 128 valence electrons. The Balaban J connectivity index is 1.65. The Morgan fingerprint density at radius 2 is 1.67 bits per heavy atom. The van der Waals surface area contributed by atoms with Crippen LogP contribution in [0.5, 0.6) is 0 Å². The van der Waals surface area contributed by atoms with Crippen LogP contribution in [0.1, 0.15) is 11.1 Å². The maximum Gasteiger partial charge on any atom is 0.317 e. The minimum absolute atomic E-state index is 0.186. The third-order valence-corrected chi connectivity index (χ3v) is 3.54. The summed E-state index contributed by atoms with van der Waals surface area (Å²) in [6.07, 6.45) is -0.721. The zero-order valence-corrected chi connectivity index (χ0v) is 13.9. The number of benzene rings is 2. The molecule has 24 heavy (non-hydrogen) atoms. The van der Waals surface area contributed by atoms with Crippen LogP contribution in [-0.4, -0.2) is 42.3 Å². The van der Waals surface area contributed by atoms with Crippen molar-refractivity contribution in [1.82, 2.24) is 10.2 Å². The molecule has 2 N–H and O–H groups in total. The van der Waals surface area contributed by atoms with Crippen molar-refractivity contribution in [3.63, 3.8) is 0 Å². The van der Waals surface area contributed by atoms with Gasteiger partial charge in [0.25, 0.3) is 0 Å². The second-order valence-corrected chi connectivity index (χ2v) is 5.68. The number of aliphatic hydroxyl groups is 1. The number of carbonyl (C=O) groups excluding carboxylic acids is 1. The number of aliphatic hydroxyl groups excluding tert-OH is 1. The molecule has 0 saturated carbocycles. The largest absolute Gasteiger partial charge is 0.389 e. The summed E-state index contributed by atoms with van der Waals surface area (Å²) in [7, 11) is 1.65. The predicted molar refractivity (Wildman–Crippen MR) is 93.4 cm³/mol. The van der Waals surface area contributed by atoms with Gasteiger partial charge in [0.1, 0.15) is 0 Å². The molecule has 0 saturated heterocycles. The van der Waals surface area contributed by atoms with Gasteiger partial charge in [-0.2, -0.15) is 0 Å². The second kappa shape index (κ2) is 9.70. The van der Waals surface area contributed by atoms with Crippen LogP contribution < -0.4 is 5.32 Å². The summed E-state index contributed by atoms with van der Waals surface area (Å²) in [4.78, 5) is 13.5. The normalized spacial score (nSPS) is 11.8. The van der Waals surface area contributed by atoms with Crippen LogP contribution in [0.3, 0.4) is 0 Å². The van der Waals surface area contributed by atoms with E-state index in [2.05, 4.69) is 5.32 Å². The number of ether oxygens (including phenoxy) is 1. The van der Waals surface area contributed by atoms with Crippen molar-refractivity contribution in [3.05, 3.63) is 71.8 Å². The average Bonchev–Trinajstić information content (AvgIpc) is 2.61. The quantitative estimate of drug-likeness (QED) is 0.782. The van der Waals surface area contributed by atoms with Crippen LogP contribution in [0.25, 0.3) is 0 Å². The van der Waals surface area contributed by atoms with Gasteiger partial charge in [-0.3, -0.25) is 0 Å². The summed E-state index contributed by atoms with van der Waals surface area (Å²) in [5.41, 5.74) is 2.09. The molecule has 0 spiro atoms. The molecule has 5 nitrogen and oxygen atoms in total. The van der Waals surface area contributed by atoms with E-state index in [0.717, 1.165) is 11.1 Å². The molecule has 0 aliphatic rings. The van der Waals surface area contributed by atoms with Crippen LogP contribution in [0.15, 0.2) is 60.7 Å². The number of hydrogen-bond acceptors (Lipinski definition) is 3. The molecule has 0 heterocycles. The lowest BCUT2D eigenvalue weighted by Gasteiger charge is -2.21. The van der Waals surface area contributed by atoms with Crippen molar-refractivity contribution in [2.24, 2.45) is 0 Å². The van der Waals surface area contributed by atoms with E-state index in [0.29, 0.717) is 13.2 Å². The van der Waals surface area contributed by atoms with Crippen LogP contribution in [0, 0.1) is 0 Å². The van der Waals surface area contributed by atoms with E-state index in [1.54, 1.807) is 7.05 Å². The van der Waals surface area contributed by atoms with Gasteiger partial charge in [0.15, 0.2) is 0 Å². The van der Waals surface area contributed by atoms with Crippen LogP contribution >= 0.6 is 0 Å². The van der Waals surface area contributed by atoms with Gasteiger partial charge in [0.05, 0.1) is 25.9 Å². The number of nitrogens with zero attached hydrogens (tertiary/aromatic N) is 1. The van der Waals surface area contributed by atoms with Crippen LogP contribution in [-0.2, 0) is 17.9 Å². The highest BCUT2D eigenvalue weighted by Crippen LogP contribution is 2.02. The number of likely N-dealkylation sites (N-methyl/N-ethyl adjacent to an activating group) is 1. The standard InChI is InChI=1S/C19H24N2O3/c1-21(19(23)20-12-16-8-4-2-5-9-16)13-18(22)15-24-14-17-10-6-3-7-11-17/h2-11,18,22H,12-15H2,1H3,(H,20,23)/t18-/m1/s1. The van der Waals surface area contributed by atoms with E-state index in [4.69, 9.17) is 4.74 Å². The van der Waals surface area contributed by atoms with Crippen molar-refractivity contribution >= 4 is 6.03 Å². The highest BCUT2D eigenvalue weighted by atomic mass is 16.5. The maximum atomic E-state index is 12.0. The Morgan fingerprint density at radius 1 is 1.08 bits per heavy atom. The lowest BCUT2D eigenvalue weighted by Crippen LogP contribution is -2.42. The topological polar surface area (TPSA) is 61.8 Å². The van der Waals surface area contributed by atoms with Gasteiger partial charge in [-0.1, -0.05) is 60.7 Å². The number of rotatable bonds is 8. The molecule has 0 aliphatic heterocycles. The molecule has 5 heteroatoms. The molecule has 0 fully saturated rings. The number of hydrogen-bond donors (Lipinski definition) is 2. The fraction of sp³-hybridized carbons (Fsp3) is 0.316. The van der Waals surface area contributed by atoms with Gasteiger partial charge >= 0.3 is 6.03 Å². The van der Waals surface area contributed by atoms with E-state index in [1.165, 1.54) is 4.90 Å². The highest BCUT2D eigenvalue weighted by Gasteiger charge is 2.13. The van der Waals surface area contributed by atoms with Gasteiger partial charge in [-0.15, -0.1) is 0 Å². The monoisotopic (exact) mass is 328 g/mol. The second-order valence-electron chi connectivity index (χ2n) is 5.68. The van der Waals surface area contributed by atoms with Gasteiger partial charge in [-0.25, -0.2) is 4.79 Å². The smallest absolute Gasteiger partial charge is 0.317 e. The summed E-state index contributed by atoms with van der Waals surface area (Å²) in [5, 5.41) is 12.8. The predicted octanol–water partition coefficient (Wildman–Crippen LogP) is 2.41. The Morgan fingerprint density at radius 3 is 2.29 bits per heavy atom. The van der Waals surface area contributed by atoms with Gasteiger partial charge < -0.3 is 20.1 Å². The number of carbonyl (C=O) groups is 1. The molecular weight excluding hydrogens is 304 g/mol. The minimum Gasteiger partial charge on any atom is -0.389 e. The first-order chi connectivity index (χ1) is 11.6. The molecule has 1 atom stereocenters. The van der Waals surface area contributed by atoms with E-state index < -0.39 is 6.10 Å². The molecule has 2 amide bonds. The Kier molecular flexibility index (Phi) is 7.26. The van der Waals surface area contributed by atoms with E-state index in [-0.39, 0.29) is 19.2 Å². The first-order valence-electron chi connectivity index (χ1n) is 7.98. The van der Waals surface area contributed by atoms with Gasteiger partial charge in [0, 0.05) is 13.6 Å². The van der Waals surface area contributed by atoms with Crippen molar-refractivity contribution < 1.29 is 14.6 Å². The lowest BCUT2D eigenvalue weighted by molar-refractivity contribution is 0.0181. The van der Waals surface area contributed by atoms with E-state index >= 15 is 0 Å². The van der Waals surface area contributed by atoms with Crippen LogP contribution in [0.4, 0.5) is 4.79 Å². The lowest BCUT2D eigenvalue weighted by atomic mass is 10.2. The fourth-order valence-corrected chi connectivity index (χ4v) is 2.25. The molecule has 0 aliphatic carbocycles. The molecule has 0 aromatic heterocycles. The summed E-state index contributed by atoms with van der Waals surface area (Å²) in [5.74, 6) is 0. The fourth-order valence-electron chi connectivity index (χ4n) is 2.25. The first kappa shape index (κ1) is 18.0. The van der Waals surface area contributed by atoms with E-state index in [1.807, 2.05) is 60.7 Å². The Labute approximate surface area is 142 Å². The first-order valence-corrected chi connectivity index (χ1v) is 7.98. The molecule has 2 rings (SSSR count). The molecular formula is C19H24N2O3. The molecule has 2 aromatic rings. The van der Waals surface area contributed by atoms with Crippen molar-refractivity contribution in [2.45, 2.75) is 19.3 Å². The zero-order chi connectivity index (χ0) is 17.2. The van der Waals surface area contributed by atoms with Gasteiger partial charge in [0.2, 0.25) is 0 Å². The number of amides is 2. The number of nitrogens with one attached hydrogen (secondary N) is 1. The SMILES string of the molecule is CN(C[C@@H](O)COCc1ccccc1)C(=O)NCc1ccccc1. The molecule has 0 radical (unpaired) electrons. The average molecular weight is 328 g/mol. The van der Waals surface area contributed by atoms with Crippen LogP contribution in [0.2, 0.25) is 0 Å². The summed E-state index contributed by atoms with van der Waals surface area (Å²) in [6.45, 7) is 1.31. The molecule has 0 bridgehead atoms. The summed E-state index contributed by atoms with van der Waals surface area (Å²) in [6, 6.07) is 19.2. The van der Waals surface area contributed by atoms with Crippen molar-refractivity contribution in [3.8, 4) is 0 Å². The molecule has 2 aromatic carbocycles. The molecule has 0 unspecified atom stereocenters. The van der Waals surface area contributed by atoms with Crippen molar-refractivity contribution in [2.75, 3.05) is 20.2 Å². The van der Waals surface area contributed by atoms with Crippen molar-refractivity contribution in [1.29, 1.82) is 0 Å². The van der Waals surface area contributed by atoms with Gasteiger partial charge in [-0.05, 0) is 11.1 Å². The maximum absolute atomic E-state index is 12.0. The third-order valence-electron chi connectivity index (χ3n) is 3.54. The summed E-state index contributed by atoms with van der Waals surface area (Å²) < 4.78 is 5.48. The highest BCUT2D eigenvalue weighted by molar-refractivity contribution is 5.73. The zero-order valence-electron chi connectivity index (χ0n) is 13.9. The van der Waals surface area contributed by atoms with E-state index in [9.17, 15) is 9.90 Å². The summed E-state index contributed by atoms with van der Waals surface area (Å²) >= 11 is 0. The third kappa shape index (κ3) is 6.40. The minimum atomic E-state index is -0.721. The Hall–Kier alpha value is -2.37.